The average molecular weight is 469 g/mol. The number of nitrogen functional groups attached to an aromatic ring is 1. The van der Waals surface area contributed by atoms with Gasteiger partial charge in [0, 0.05) is 17.7 Å². The smallest absolute Gasteiger partial charge is 0.326 e. The summed E-state index contributed by atoms with van der Waals surface area (Å²) < 4.78 is 0. The quantitative estimate of drug-likeness (QED) is 0.216. The van der Waals surface area contributed by atoms with Gasteiger partial charge in [-0.3, -0.25) is 19.4 Å². The minimum absolute atomic E-state index is 0.0780. The van der Waals surface area contributed by atoms with Crippen molar-refractivity contribution in [3.05, 3.63) is 57.5 Å². The second kappa shape index (κ2) is 11.1. The van der Waals surface area contributed by atoms with Crippen molar-refractivity contribution in [1.29, 1.82) is 0 Å². The first-order valence-corrected chi connectivity index (χ1v) is 10.9. The summed E-state index contributed by atoms with van der Waals surface area (Å²) in [6, 6.07) is 7.43. The third kappa shape index (κ3) is 6.67. The van der Waals surface area contributed by atoms with Gasteiger partial charge in [-0.15, -0.1) is 0 Å². The van der Waals surface area contributed by atoms with Crippen LogP contribution in [-0.4, -0.2) is 49.1 Å². The number of aromatic nitrogens is 3. The van der Waals surface area contributed by atoms with Crippen molar-refractivity contribution in [3.63, 3.8) is 0 Å². The van der Waals surface area contributed by atoms with E-state index in [-0.39, 0.29) is 24.3 Å². The van der Waals surface area contributed by atoms with Crippen molar-refractivity contribution in [1.82, 2.24) is 20.3 Å². The number of carboxylic acid groups (broad SMARTS) is 2. The Morgan fingerprint density at radius 3 is 2.41 bits per heavy atom. The zero-order valence-corrected chi connectivity index (χ0v) is 18.5. The maximum atomic E-state index is 12.3. The Morgan fingerprint density at radius 2 is 1.74 bits per heavy atom. The summed E-state index contributed by atoms with van der Waals surface area (Å²) in [7, 11) is 0. The number of anilines is 1. The topological polar surface area (TPSA) is 191 Å². The van der Waals surface area contributed by atoms with Gasteiger partial charge in [-0.25, -0.2) is 4.79 Å². The van der Waals surface area contributed by atoms with Gasteiger partial charge in [0.05, 0.1) is 5.39 Å². The summed E-state index contributed by atoms with van der Waals surface area (Å²) in [4.78, 5) is 55.7. The Morgan fingerprint density at radius 1 is 1.03 bits per heavy atom. The fourth-order valence-electron chi connectivity index (χ4n) is 3.64. The van der Waals surface area contributed by atoms with Crippen LogP contribution in [0.15, 0.2) is 35.1 Å². The average Bonchev–Trinajstić information content (AvgIpc) is 3.19. The third-order valence-electron chi connectivity index (χ3n) is 5.45. The van der Waals surface area contributed by atoms with Crippen molar-refractivity contribution in [2.45, 2.75) is 51.0 Å². The molecular formula is C23H27N5O6. The summed E-state index contributed by atoms with van der Waals surface area (Å²) in [6.45, 7) is 0. The Hall–Kier alpha value is -4.15. The number of carboxylic acids is 2. The molecule has 11 heteroatoms. The van der Waals surface area contributed by atoms with E-state index in [2.05, 4.69) is 20.3 Å². The van der Waals surface area contributed by atoms with E-state index < -0.39 is 23.9 Å². The number of aromatic amines is 2. The summed E-state index contributed by atoms with van der Waals surface area (Å²) >= 11 is 0. The Bertz CT molecular complexity index is 1230. The second-order valence-corrected chi connectivity index (χ2v) is 8.06. The highest BCUT2D eigenvalue weighted by molar-refractivity contribution is 5.96. The second-order valence-electron chi connectivity index (χ2n) is 8.06. The van der Waals surface area contributed by atoms with Crippen LogP contribution in [0.3, 0.4) is 0 Å². The molecule has 0 saturated carbocycles. The predicted octanol–water partition coefficient (Wildman–Crippen LogP) is 1.84. The molecule has 0 unspecified atom stereocenters. The van der Waals surface area contributed by atoms with E-state index in [9.17, 15) is 19.2 Å². The molecule has 0 aliphatic carbocycles. The van der Waals surface area contributed by atoms with Gasteiger partial charge in [0.25, 0.3) is 11.5 Å². The molecule has 2 aromatic heterocycles. The number of carbonyl (C=O) groups is 3. The molecule has 1 atom stereocenters. The number of fused-ring (bicyclic) bond motifs is 1. The van der Waals surface area contributed by atoms with E-state index in [1.54, 1.807) is 18.2 Å². The van der Waals surface area contributed by atoms with E-state index in [4.69, 9.17) is 15.9 Å². The number of benzene rings is 1. The van der Waals surface area contributed by atoms with Crippen LogP contribution in [0.5, 0.6) is 0 Å². The van der Waals surface area contributed by atoms with Gasteiger partial charge >= 0.3 is 11.9 Å². The number of hydrogen-bond donors (Lipinski definition) is 6. The number of H-pyrrole nitrogens is 2. The number of nitrogens with one attached hydrogen (secondary N) is 3. The number of carbonyl (C=O) groups excluding carboxylic acids is 1. The SMILES string of the molecule is Nc1nc2[nH]c(CCCCCc3ccc(C(=O)N[C@@H](CCC(=O)O)C(=O)O)cc3)cc2c(=O)[nH]1. The maximum absolute atomic E-state index is 12.3. The number of aryl methyl sites for hydroxylation is 2. The molecule has 34 heavy (non-hydrogen) atoms. The van der Waals surface area contributed by atoms with Gasteiger partial charge in [-0.2, -0.15) is 4.98 Å². The van der Waals surface area contributed by atoms with Crippen molar-refractivity contribution < 1.29 is 24.6 Å². The molecule has 2 heterocycles. The summed E-state index contributed by atoms with van der Waals surface area (Å²) in [6.07, 6.45) is 3.90. The van der Waals surface area contributed by atoms with E-state index in [0.29, 0.717) is 16.6 Å². The van der Waals surface area contributed by atoms with Crippen LogP contribution in [0.2, 0.25) is 0 Å². The van der Waals surface area contributed by atoms with E-state index in [1.807, 2.05) is 12.1 Å². The number of amides is 1. The zero-order valence-electron chi connectivity index (χ0n) is 18.5. The maximum Gasteiger partial charge on any atom is 0.326 e. The van der Waals surface area contributed by atoms with Gasteiger partial charge < -0.3 is 26.2 Å². The fraction of sp³-hybridized carbons (Fsp3) is 0.348. The van der Waals surface area contributed by atoms with Crippen molar-refractivity contribution >= 4 is 34.8 Å². The van der Waals surface area contributed by atoms with E-state index in [0.717, 1.165) is 43.4 Å². The number of aliphatic carboxylic acids is 2. The van der Waals surface area contributed by atoms with Crippen LogP contribution in [0.4, 0.5) is 5.95 Å². The normalized spacial score (nSPS) is 11.9. The molecule has 0 radical (unpaired) electrons. The molecule has 3 aromatic rings. The van der Waals surface area contributed by atoms with Crippen LogP contribution in [0, 0.1) is 0 Å². The van der Waals surface area contributed by atoms with Crippen LogP contribution in [0.25, 0.3) is 11.0 Å². The molecule has 0 fully saturated rings. The van der Waals surface area contributed by atoms with Gasteiger partial charge in [0.2, 0.25) is 5.95 Å². The molecule has 11 nitrogen and oxygen atoms in total. The minimum atomic E-state index is -1.27. The predicted molar refractivity (Wildman–Crippen MR) is 125 cm³/mol. The molecule has 1 aromatic carbocycles. The first-order valence-electron chi connectivity index (χ1n) is 10.9. The Balaban J connectivity index is 1.43. The number of unbranched alkanes of at least 4 members (excludes halogenated alkanes) is 2. The molecule has 0 saturated heterocycles. The standard InChI is InChI=1S/C23H27N5O6/c24-23-27-19-16(21(32)28-23)12-15(25-19)5-3-1-2-4-13-6-8-14(9-7-13)20(31)26-17(22(33)34)10-11-18(29)30/h6-9,12,17H,1-5,10-11H2,(H,26,31)(H,29,30)(H,33,34)(H4,24,25,27,28,32)/t17-/m0/s1. The Kier molecular flexibility index (Phi) is 8.01. The van der Waals surface area contributed by atoms with Crippen molar-refractivity contribution in [2.75, 3.05) is 5.73 Å². The molecule has 3 rings (SSSR count). The lowest BCUT2D eigenvalue weighted by atomic mass is 10.0. The number of nitrogens with two attached hydrogens (primary N) is 1. The molecular weight excluding hydrogens is 442 g/mol. The minimum Gasteiger partial charge on any atom is -0.481 e. The van der Waals surface area contributed by atoms with Crippen LogP contribution in [0.1, 0.15) is 53.7 Å². The highest BCUT2D eigenvalue weighted by atomic mass is 16.4. The van der Waals surface area contributed by atoms with Crippen LogP contribution in [-0.2, 0) is 22.4 Å². The van der Waals surface area contributed by atoms with E-state index >= 15 is 0 Å². The van der Waals surface area contributed by atoms with Gasteiger partial charge in [-0.1, -0.05) is 18.6 Å². The first-order chi connectivity index (χ1) is 16.2. The van der Waals surface area contributed by atoms with Crippen molar-refractivity contribution in [3.8, 4) is 0 Å². The lowest BCUT2D eigenvalue weighted by molar-refractivity contribution is -0.140. The molecule has 180 valence electrons. The van der Waals surface area contributed by atoms with Crippen molar-refractivity contribution in [2.24, 2.45) is 0 Å². The Labute approximate surface area is 194 Å². The summed E-state index contributed by atoms with van der Waals surface area (Å²) in [5, 5.41) is 20.7. The summed E-state index contributed by atoms with van der Waals surface area (Å²) in [5.74, 6) is -2.87. The third-order valence-corrected chi connectivity index (χ3v) is 5.45. The lowest BCUT2D eigenvalue weighted by Crippen LogP contribution is -2.41. The largest absolute Gasteiger partial charge is 0.481 e. The monoisotopic (exact) mass is 469 g/mol. The van der Waals surface area contributed by atoms with Gasteiger partial charge in [-0.05, 0) is 55.9 Å². The molecule has 0 bridgehead atoms. The molecule has 0 aliphatic rings. The first kappa shape index (κ1) is 24.5. The number of rotatable bonds is 12. The fourth-order valence-corrected chi connectivity index (χ4v) is 3.64. The highest BCUT2D eigenvalue weighted by Gasteiger charge is 2.21. The van der Waals surface area contributed by atoms with Crippen LogP contribution >= 0.6 is 0 Å². The molecule has 7 N–H and O–H groups in total. The van der Waals surface area contributed by atoms with Gasteiger partial charge in [0.15, 0.2) is 0 Å². The number of hydrogen-bond acceptors (Lipinski definition) is 6. The molecule has 0 aliphatic heterocycles. The highest BCUT2D eigenvalue weighted by Crippen LogP contribution is 2.14. The zero-order chi connectivity index (χ0) is 24.7. The molecule has 0 spiro atoms. The lowest BCUT2D eigenvalue weighted by Gasteiger charge is -2.13. The number of nitrogens with zero attached hydrogens (tertiary/aromatic N) is 1. The molecule has 1 amide bonds. The summed E-state index contributed by atoms with van der Waals surface area (Å²) in [5.41, 5.74) is 8.07. The van der Waals surface area contributed by atoms with Gasteiger partial charge in [0.1, 0.15) is 11.7 Å². The van der Waals surface area contributed by atoms with Crippen LogP contribution < -0.4 is 16.6 Å². The van der Waals surface area contributed by atoms with E-state index in [1.165, 1.54) is 0 Å².